The Morgan fingerprint density at radius 2 is 1.89 bits per heavy atom. The van der Waals surface area contributed by atoms with Crippen molar-refractivity contribution in [3.05, 3.63) is 92.3 Å². The van der Waals surface area contributed by atoms with Crippen LogP contribution in [0.1, 0.15) is 49.7 Å². The number of nitrogens with zero attached hydrogens (tertiary/aromatic N) is 1. The number of allylic oxidation sites excluding steroid dienone is 3. The lowest BCUT2D eigenvalue weighted by molar-refractivity contribution is -0.384. The van der Waals surface area contributed by atoms with Crippen molar-refractivity contribution in [3.63, 3.8) is 0 Å². The van der Waals surface area contributed by atoms with Crippen LogP contribution < -0.4 is 10.1 Å². The fourth-order valence-electron chi connectivity index (χ4n) is 5.07. The maximum absolute atomic E-state index is 13.7. The lowest BCUT2D eigenvalue weighted by Crippen LogP contribution is -2.36. The number of Topliss-reactive ketones (excluding diaryl/α,β-unsaturated/α-hetero) is 1. The monoisotopic (exact) mass is 522 g/mol. The van der Waals surface area contributed by atoms with Gasteiger partial charge in [0.1, 0.15) is 12.4 Å². The number of nitrogens with one attached hydrogen (secondary N) is 1. The molecule has 0 bridgehead atoms. The zero-order valence-corrected chi connectivity index (χ0v) is 21.9. The van der Waals surface area contributed by atoms with Gasteiger partial charge in [0.25, 0.3) is 5.69 Å². The third-order valence-electron chi connectivity index (χ3n) is 6.73. The van der Waals surface area contributed by atoms with E-state index in [1.807, 2.05) is 31.2 Å². The zero-order valence-electron chi connectivity index (χ0n) is 21.1. The molecule has 37 heavy (non-hydrogen) atoms. The molecule has 1 aliphatic carbocycles. The van der Waals surface area contributed by atoms with Crippen molar-refractivity contribution in [2.45, 2.75) is 38.5 Å². The van der Waals surface area contributed by atoms with E-state index < -0.39 is 16.8 Å². The maximum Gasteiger partial charge on any atom is 0.336 e. The van der Waals surface area contributed by atoms with E-state index in [4.69, 9.17) is 9.47 Å². The van der Waals surface area contributed by atoms with Crippen LogP contribution in [0.3, 0.4) is 0 Å². The highest BCUT2D eigenvalue weighted by molar-refractivity contribution is 7.99. The van der Waals surface area contributed by atoms with Gasteiger partial charge in [-0.2, -0.15) is 11.8 Å². The van der Waals surface area contributed by atoms with Gasteiger partial charge in [0.2, 0.25) is 0 Å². The number of hydrogen-bond acceptors (Lipinski definition) is 8. The molecule has 1 aliphatic heterocycles. The van der Waals surface area contributed by atoms with E-state index in [0.717, 1.165) is 22.8 Å². The molecular formula is C28H30N2O6S. The van der Waals surface area contributed by atoms with E-state index >= 15 is 0 Å². The Hall–Kier alpha value is -3.59. The number of benzene rings is 2. The van der Waals surface area contributed by atoms with E-state index in [1.54, 1.807) is 37.9 Å². The van der Waals surface area contributed by atoms with Crippen molar-refractivity contribution in [1.29, 1.82) is 0 Å². The molecule has 0 spiro atoms. The zero-order chi connectivity index (χ0) is 26.5. The first-order chi connectivity index (χ1) is 17.8. The van der Waals surface area contributed by atoms with Crippen molar-refractivity contribution in [3.8, 4) is 5.75 Å². The molecule has 194 valence electrons. The minimum absolute atomic E-state index is 0.0560. The van der Waals surface area contributed by atoms with Crippen LogP contribution in [0.5, 0.6) is 5.75 Å². The van der Waals surface area contributed by atoms with E-state index in [2.05, 4.69) is 5.32 Å². The Morgan fingerprint density at radius 1 is 1.16 bits per heavy atom. The summed E-state index contributed by atoms with van der Waals surface area (Å²) in [5, 5.41) is 14.6. The van der Waals surface area contributed by atoms with Gasteiger partial charge in [0.05, 0.1) is 17.6 Å². The van der Waals surface area contributed by atoms with Gasteiger partial charge in [0.15, 0.2) is 5.78 Å². The summed E-state index contributed by atoms with van der Waals surface area (Å²) < 4.78 is 11.1. The summed E-state index contributed by atoms with van der Waals surface area (Å²) in [6, 6.07) is 13.7. The van der Waals surface area contributed by atoms with Gasteiger partial charge in [-0.1, -0.05) is 37.3 Å². The number of ether oxygens (including phenoxy) is 2. The Kier molecular flexibility index (Phi) is 8.33. The molecule has 0 amide bonds. The number of carbonyl (C=O) groups is 2. The molecular weight excluding hydrogens is 492 g/mol. The van der Waals surface area contributed by atoms with Gasteiger partial charge in [0, 0.05) is 53.1 Å². The number of rotatable bonds is 9. The number of non-ortho nitro benzene ring substituents is 1. The number of thioether (sulfide) groups is 1. The Balaban J connectivity index is 1.74. The first kappa shape index (κ1) is 26.5. The second-order valence-electron chi connectivity index (χ2n) is 8.94. The van der Waals surface area contributed by atoms with Crippen LogP contribution in [0.15, 0.2) is 71.1 Å². The molecule has 4 rings (SSSR count). The SMILES string of the molecule is CCSCCOC(=O)C1=C(C)NC2=C(C(=O)C[C@@H](c3ccccc3OC)C2)[C@@H]1c1ccc([N+](=O)[O-])cc1. The van der Waals surface area contributed by atoms with Gasteiger partial charge in [-0.25, -0.2) is 4.79 Å². The number of ketones is 1. The number of esters is 1. The van der Waals surface area contributed by atoms with E-state index in [0.29, 0.717) is 34.6 Å². The van der Waals surface area contributed by atoms with Crippen LogP contribution in [-0.4, -0.2) is 41.9 Å². The summed E-state index contributed by atoms with van der Waals surface area (Å²) in [4.78, 5) is 37.8. The molecule has 0 saturated heterocycles. The van der Waals surface area contributed by atoms with Gasteiger partial charge in [-0.15, -0.1) is 0 Å². The van der Waals surface area contributed by atoms with Crippen molar-refractivity contribution >= 4 is 29.2 Å². The number of nitro groups is 1. The quantitative estimate of drug-likeness (QED) is 0.206. The first-order valence-electron chi connectivity index (χ1n) is 12.2. The molecule has 0 aromatic heterocycles. The highest BCUT2D eigenvalue weighted by Gasteiger charge is 2.42. The third-order valence-corrected chi connectivity index (χ3v) is 7.59. The molecule has 0 saturated carbocycles. The number of methoxy groups -OCH3 is 1. The average molecular weight is 523 g/mol. The molecule has 2 atom stereocenters. The molecule has 0 radical (unpaired) electrons. The standard InChI is InChI=1S/C28H30N2O6S/c1-4-37-14-13-36-28(32)25-17(2)29-22-15-19(21-7-5-6-8-24(21)35-3)16-23(31)27(22)26(25)18-9-11-20(12-10-18)30(33)34/h5-12,19,26,29H,4,13-16H2,1-3H3/t19-,26+/m0/s1. The largest absolute Gasteiger partial charge is 0.496 e. The minimum atomic E-state index is -0.672. The normalized spacial score (nSPS) is 19.3. The van der Waals surface area contributed by atoms with Crippen LogP contribution in [0.25, 0.3) is 0 Å². The summed E-state index contributed by atoms with van der Waals surface area (Å²) in [6.45, 7) is 4.10. The second kappa shape index (κ2) is 11.6. The topological polar surface area (TPSA) is 108 Å². The summed E-state index contributed by atoms with van der Waals surface area (Å²) in [5.41, 5.74) is 3.78. The summed E-state index contributed by atoms with van der Waals surface area (Å²) in [5.74, 6) is 1.01. The first-order valence-corrected chi connectivity index (χ1v) is 13.4. The molecule has 8 nitrogen and oxygen atoms in total. The Bertz CT molecular complexity index is 1270. The van der Waals surface area contributed by atoms with E-state index in [9.17, 15) is 19.7 Å². The highest BCUT2D eigenvalue weighted by atomic mass is 32.2. The van der Waals surface area contributed by atoms with E-state index in [-0.39, 0.29) is 30.4 Å². The number of dihydropyridines is 1. The lowest BCUT2D eigenvalue weighted by atomic mass is 9.71. The van der Waals surface area contributed by atoms with Crippen LogP contribution in [0.2, 0.25) is 0 Å². The Labute approximate surface area is 220 Å². The van der Waals surface area contributed by atoms with Crippen molar-refractivity contribution < 1.29 is 24.0 Å². The van der Waals surface area contributed by atoms with Gasteiger partial charge in [-0.3, -0.25) is 14.9 Å². The molecule has 0 unspecified atom stereocenters. The average Bonchev–Trinajstić information content (AvgIpc) is 2.90. The third kappa shape index (κ3) is 5.56. The number of nitro benzene ring substituents is 1. The predicted molar refractivity (Wildman–Crippen MR) is 143 cm³/mol. The van der Waals surface area contributed by atoms with Crippen molar-refractivity contribution in [2.75, 3.05) is 25.2 Å². The smallest absolute Gasteiger partial charge is 0.336 e. The van der Waals surface area contributed by atoms with Gasteiger partial charge >= 0.3 is 5.97 Å². The molecule has 0 fully saturated rings. The molecule has 1 N–H and O–H groups in total. The lowest BCUT2D eigenvalue weighted by Gasteiger charge is -2.37. The summed E-state index contributed by atoms with van der Waals surface area (Å²) in [6.07, 6.45) is 0.830. The van der Waals surface area contributed by atoms with Gasteiger partial charge < -0.3 is 14.8 Å². The summed E-state index contributed by atoms with van der Waals surface area (Å²) in [7, 11) is 1.61. The molecule has 2 aliphatic rings. The fourth-order valence-corrected chi connectivity index (χ4v) is 5.56. The minimum Gasteiger partial charge on any atom is -0.496 e. The van der Waals surface area contributed by atoms with E-state index in [1.165, 1.54) is 12.1 Å². The predicted octanol–water partition coefficient (Wildman–Crippen LogP) is 5.26. The number of para-hydroxylation sites is 1. The van der Waals surface area contributed by atoms with Crippen LogP contribution in [0, 0.1) is 10.1 Å². The van der Waals surface area contributed by atoms with Crippen LogP contribution in [0.4, 0.5) is 5.69 Å². The second-order valence-corrected chi connectivity index (χ2v) is 10.3. The maximum atomic E-state index is 13.7. The molecule has 1 heterocycles. The van der Waals surface area contributed by atoms with Crippen molar-refractivity contribution in [2.24, 2.45) is 0 Å². The number of hydrogen-bond donors (Lipinski definition) is 1. The van der Waals surface area contributed by atoms with Crippen LogP contribution >= 0.6 is 11.8 Å². The number of carbonyl (C=O) groups excluding carboxylic acids is 2. The Morgan fingerprint density at radius 3 is 2.57 bits per heavy atom. The fraction of sp³-hybridized carbons (Fsp3) is 0.357. The summed E-state index contributed by atoms with van der Waals surface area (Å²) >= 11 is 1.67. The van der Waals surface area contributed by atoms with Crippen LogP contribution in [-0.2, 0) is 14.3 Å². The van der Waals surface area contributed by atoms with Crippen molar-refractivity contribution in [1.82, 2.24) is 5.32 Å². The molecule has 2 aromatic rings. The van der Waals surface area contributed by atoms with Gasteiger partial charge in [-0.05, 0) is 36.3 Å². The molecule has 2 aromatic carbocycles. The molecule has 9 heteroatoms. The highest BCUT2D eigenvalue weighted by Crippen LogP contribution is 2.47.